The zero-order valence-corrected chi connectivity index (χ0v) is 13.7. The fourth-order valence-corrected chi connectivity index (χ4v) is 1.65. The number of hydrogen-bond donors (Lipinski definition) is 0. The summed E-state index contributed by atoms with van der Waals surface area (Å²) in [7, 11) is 2.99. The van der Waals surface area contributed by atoms with Crippen molar-refractivity contribution in [3.8, 4) is 23.0 Å². The Morgan fingerprint density at radius 3 is 1.39 bits per heavy atom. The van der Waals surface area contributed by atoms with E-state index in [0.717, 1.165) is 12.6 Å². The van der Waals surface area contributed by atoms with Crippen molar-refractivity contribution in [3.63, 3.8) is 0 Å². The molecule has 0 amide bonds. The van der Waals surface area contributed by atoms with Gasteiger partial charge in [-0.3, -0.25) is 9.59 Å². The van der Waals surface area contributed by atoms with E-state index >= 15 is 0 Å². The van der Waals surface area contributed by atoms with Crippen molar-refractivity contribution >= 4 is 12.6 Å². The Bertz CT molecular complexity index is 600. The van der Waals surface area contributed by atoms with Crippen LogP contribution in [-0.2, 0) is 16.8 Å². The zero-order chi connectivity index (χ0) is 16.5. The first-order valence-electron chi connectivity index (χ1n) is 6.31. The van der Waals surface area contributed by atoms with Crippen LogP contribution in [0.3, 0.4) is 0 Å². The van der Waals surface area contributed by atoms with Crippen LogP contribution < -0.4 is 9.47 Å². The molecule has 0 spiro atoms. The monoisotopic (exact) mass is 367 g/mol. The standard InChI is InChI=1S/2C8H8O3.Co/c2*1-11-7-4-2-3-6(5-9)8(7)10;/h2*2-5,10H,1H3;/q;;+2/p+4. The van der Waals surface area contributed by atoms with Gasteiger partial charge in [-0.05, 0) is 24.3 Å². The molecule has 6 nitrogen and oxygen atoms in total. The quantitative estimate of drug-likeness (QED) is 0.600. The minimum Gasteiger partial charge on any atom is -0.590 e. The third kappa shape index (κ3) is 5.31. The summed E-state index contributed by atoms with van der Waals surface area (Å²) < 4.78 is 9.74. The van der Waals surface area contributed by atoms with Crippen molar-refractivity contribution in [3.05, 3.63) is 47.5 Å². The Morgan fingerprint density at radius 1 is 0.783 bits per heavy atom. The average molecular weight is 367 g/mol. The second-order valence-corrected chi connectivity index (χ2v) is 4.11. The number of aldehydes is 2. The topological polar surface area (TPSA) is 107 Å². The molecule has 1 radical (unpaired) electrons. The Hall–Kier alpha value is -2.51. The van der Waals surface area contributed by atoms with Crippen LogP contribution in [0, 0.1) is 0 Å². The molecule has 2 aromatic carbocycles. The van der Waals surface area contributed by atoms with Crippen LogP contribution in [0.4, 0.5) is 0 Å². The van der Waals surface area contributed by atoms with Crippen molar-refractivity contribution in [2.45, 2.75) is 0 Å². The number of hydrogen-bond acceptors (Lipinski definition) is 2. The van der Waals surface area contributed by atoms with Crippen molar-refractivity contribution < 1.29 is 46.1 Å². The molecule has 0 aliphatic rings. The van der Waals surface area contributed by atoms with Crippen LogP contribution in [0.2, 0.25) is 0 Å². The molecule has 0 atom stereocenters. The molecular weight excluding hydrogens is 347 g/mol. The van der Waals surface area contributed by atoms with Crippen molar-refractivity contribution in [1.82, 2.24) is 0 Å². The van der Waals surface area contributed by atoms with Crippen LogP contribution in [-0.4, -0.2) is 46.6 Å². The number of methoxy groups -OCH3 is 2. The SMILES string of the molecule is COc1cccc(C=[OH+])c1[OH2+].COc1cccc(C=[OH+])c1[OH2+].[Co+2]. The van der Waals surface area contributed by atoms with E-state index < -0.39 is 0 Å². The van der Waals surface area contributed by atoms with Gasteiger partial charge in [0.25, 0.3) is 0 Å². The van der Waals surface area contributed by atoms with E-state index in [4.69, 9.17) is 29.3 Å². The molecule has 7 heteroatoms. The Balaban J connectivity index is 0.000000403. The van der Waals surface area contributed by atoms with Gasteiger partial charge in [-0.2, -0.15) is 0 Å². The third-order valence-electron chi connectivity index (χ3n) is 2.83. The molecule has 0 aromatic heterocycles. The zero-order valence-electron chi connectivity index (χ0n) is 12.7. The first-order valence-corrected chi connectivity index (χ1v) is 6.31. The molecule has 0 bridgehead atoms. The van der Waals surface area contributed by atoms with Crippen molar-refractivity contribution in [2.75, 3.05) is 14.2 Å². The molecule has 0 aliphatic carbocycles. The fraction of sp³-hybridized carbons (Fsp3) is 0.125. The molecule has 23 heavy (non-hydrogen) atoms. The van der Waals surface area contributed by atoms with Crippen LogP contribution >= 0.6 is 0 Å². The van der Waals surface area contributed by atoms with E-state index in [9.17, 15) is 0 Å². The number of carbonyl (C=O) groups excluding carboxylic acids is 2. The van der Waals surface area contributed by atoms with Gasteiger partial charge in [-0.1, -0.05) is 12.1 Å². The van der Waals surface area contributed by atoms with Crippen LogP contribution in [0.15, 0.2) is 36.4 Å². The maximum atomic E-state index is 8.64. The second kappa shape index (κ2) is 10.3. The molecule has 2 aromatic rings. The van der Waals surface area contributed by atoms with Gasteiger partial charge in [0, 0.05) is 0 Å². The van der Waals surface area contributed by atoms with E-state index in [1.165, 1.54) is 14.2 Å². The summed E-state index contributed by atoms with van der Waals surface area (Å²) in [5.41, 5.74) is 0.925. The van der Waals surface area contributed by atoms with Gasteiger partial charge >= 0.3 is 40.9 Å². The van der Waals surface area contributed by atoms with E-state index in [-0.39, 0.29) is 28.3 Å². The molecule has 0 saturated heterocycles. The Labute approximate surface area is 143 Å². The first-order chi connectivity index (χ1) is 10.6. The Morgan fingerprint density at radius 2 is 1.13 bits per heavy atom. The van der Waals surface area contributed by atoms with Crippen LogP contribution in [0.5, 0.6) is 23.0 Å². The van der Waals surface area contributed by atoms with E-state index in [1.54, 1.807) is 36.4 Å². The molecule has 0 fully saturated rings. The molecule has 2 rings (SSSR count). The number of benzene rings is 2. The number of ether oxygens (including phenoxy) is 2. The van der Waals surface area contributed by atoms with Gasteiger partial charge in [0.2, 0.25) is 11.5 Å². The third-order valence-corrected chi connectivity index (χ3v) is 2.83. The van der Waals surface area contributed by atoms with Crippen LogP contribution in [0.25, 0.3) is 0 Å². The summed E-state index contributed by atoms with van der Waals surface area (Å²) in [5, 5.41) is 14.9. The summed E-state index contributed by atoms with van der Waals surface area (Å²) in [5.74, 6) is 1.34. The Kier molecular flexibility index (Phi) is 9.13. The van der Waals surface area contributed by atoms with E-state index in [0.29, 0.717) is 22.6 Å². The number of rotatable bonds is 4. The van der Waals surface area contributed by atoms with Gasteiger partial charge in [0.15, 0.2) is 11.1 Å². The molecule has 0 heterocycles. The van der Waals surface area contributed by atoms with Gasteiger partial charge in [0.05, 0.1) is 14.2 Å². The van der Waals surface area contributed by atoms with E-state index in [2.05, 4.69) is 0 Å². The summed E-state index contributed by atoms with van der Waals surface area (Å²) in [4.78, 5) is 17.3. The van der Waals surface area contributed by atoms with Crippen LogP contribution in [0.1, 0.15) is 11.1 Å². The summed E-state index contributed by atoms with van der Waals surface area (Å²) in [6.07, 6.45) is 1.79. The maximum Gasteiger partial charge on any atom is 2.00 e. The summed E-state index contributed by atoms with van der Waals surface area (Å²) in [6, 6.07) is 10.1. The smallest absolute Gasteiger partial charge is 0.590 e. The molecule has 6 N–H and O–H groups in total. The first kappa shape index (κ1) is 20.5. The van der Waals surface area contributed by atoms with E-state index in [1.807, 2.05) is 0 Å². The minimum absolute atomic E-state index is 0. The summed E-state index contributed by atoms with van der Waals surface area (Å²) in [6.45, 7) is 0. The molecule has 0 saturated carbocycles. The summed E-state index contributed by atoms with van der Waals surface area (Å²) >= 11 is 0. The fourth-order valence-electron chi connectivity index (χ4n) is 1.65. The predicted molar refractivity (Wildman–Crippen MR) is 86.3 cm³/mol. The van der Waals surface area contributed by atoms with Gasteiger partial charge in [-0.15, -0.1) is 0 Å². The van der Waals surface area contributed by atoms with Gasteiger partial charge in [-0.25, -0.2) is 0 Å². The molecule has 0 unspecified atom stereocenters. The molecule has 123 valence electrons. The minimum atomic E-state index is 0. The van der Waals surface area contributed by atoms with Gasteiger partial charge < -0.3 is 19.7 Å². The molecular formula is C16H20CoO6+6. The largest absolute Gasteiger partial charge is 2.00 e. The van der Waals surface area contributed by atoms with Crippen molar-refractivity contribution in [1.29, 1.82) is 0 Å². The van der Waals surface area contributed by atoms with Crippen molar-refractivity contribution in [2.24, 2.45) is 0 Å². The normalized spacial score (nSPS) is 8.78. The second-order valence-electron chi connectivity index (χ2n) is 4.11. The maximum absolute atomic E-state index is 8.64. The molecule has 0 aliphatic heterocycles. The van der Waals surface area contributed by atoms with Gasteiger partial charge in [0.1, 0.15) is 0 Å². The average Bonchev–Trinajstić information content (AvgIpc) is 2.56. The number of para-hydroxylation sites is 2. The predicted octanol–water partition coefficient (Wildman–Crippen LogP) is 1.31.